The highest BCUT2D eigenvalue weighted by atomic mass is 14.3. The molecule has 0 aromatic heterocycles. The van der Waals surface area contributed by atoms with Crippen molar-refractivity contribution in [2.24, 2.45) is 0 Å². The second-order valence-electron chi connectivity index (χ2n) is 30.3. The highest BCUT2D eigenvalue weighted by molar-refractivity contribution is 6.27. The third kappa shape index (κ3) is 13.4. The highest BCUT2D eigenvalue weighted by Gasteiger charge is 2.24. The zero-order chi connectivity index (χ0) is 125. The zero-order valence-corrected chi connectivity index (χ0v) is 66.7. The maximum atomic E-state index is 10.1. The minimum absolute atomic E-state index is 0.0202. The van der Waals surface area contributed by atoms with Crippen LogP contribution in [0.3, 0.4) is 0 Å². The highest BCUT2D eigenvalue weighted by Crippen LogP contribution is 2.51. The Morgan fingerprint density at radius 3 is 0.961 bits per heavy atom. The maximum Gasteiger partial charge on any atom is 0.0636 e. The Hall–Kier alpha value is -16.6. The summed E-state index contributed by atoms with van der Waals surface area (Å²) in [5.41, 5.74) is 2.14. The summed E-state index contributed by atoms with van der Waals surface area (Å²) in [5.74, 6) is 0. The molecule has 0 amide bonds. The third-order valence-corrected chi connectivity index (χ3v) is 23.1. The molecule has 26 aromatic rings. The van der Waals surface area contributed by atoms with E-state index in [0.29, 0.717) is 16.3 Å². The fraction of sp³-hybridized carbons (Fsp3) is 0. The molecule has 0 unspecified atom stereocenters. The topological polar surface area (TPSA) is 0 Å². The van der Waals surface area contributed by atoms with Crippen molar-refractivity contribution in [3.63, 3.8) is 0 Å². The van der Waals surface area contributed by atoms with Gasteiger partial charge in [0.2, 0.25) is 0 Å². The summed E-state index contributed by atoms with van der Waals surface area (Å²) < 4.78 is 418. The van der Waals surface area contributed by atoms with Crippen LogP contribution in [-0.4, -0.2) is 0 Å². The van der Waals surface area contributed by atoms with Crippen molar-refractivity contribution in [2.45, 2.75) is 0 Å². The quantitative estimate of drug-likeness (QED) is 0.126. The average Bonchev–Trinajstić information content (AvgIpc) is 0.682. The Labute approximate surface area is 809 Å². The largest absolute Gasteiger partial charge is 0.0636 e. The molecule has 26 aromatic carbocycles. The van der Waals surface area contributed by atoms with Gasteiger partial charge in [-0.15, -0.1) is 0 Å². The van der Waals surface area contributed by atoms with Crippen molar-refractivity contribution in [2.75, 3.05) is 0 Å². The third-order valence-electron chi connectivity index (χ3n) is 23.1. The number of fused-ring (bicyclic) bond motifs is 14. The van der Waals surface area contributed by atoms with Crippen molar-refractivity contribution in [3.05, 3.63) is 496 Å². The van der Waals surface area contributed by atoms with Gasteiger partial charge < -0.3 is 0 Å². The van der Waals surface area contributed by atoms with Gasteiger partial charge in [0.25, 0.3) is 0 Å². The number of hydrogen-bond acceptors (Lipinski definition) is 0. The van der Waals surface area contributed by atoms with Crippen LogP contribution in [0.15, 0.2) is 496 Å². The van der Waals surface area contributed by atoms with Crippen molar-refractivity contribution < 1.29 is 64.4 Å². The molecule has 0 aliphatic rings. The van der Waals surface area contributed by atoms with Gasteiger partial charge in [-0.25, -0.2) is 0 Å². The van der Waals surface area contributed by atoms with E-state index in [1.165, 1.54) is 23.6 Å². The van der Waals surface area contributed by atoms with E-state index in [0.717, 1.165) is 60.0 Å². The molecule has 594 valence electrons. The monoisotopic (exact) mass is 1670 g/mol. The van der Waals surface area contributed by atoms with Crippen molar-refractivity contribution in [3.8, 4) is 100 Å². The standard InChI is InChI=1S/2C44H28.C40H26/c2*1-3-13-32-26-35(22-20-29(32)10-1)43-39-17-7-8-18-40(39)44(36-23-21-30-11-2-4-14-33(30)27-36)42-28-34(24-25-41(42)43)38-19-9-15-31-12-5-6-16-37(31)38;1-2-10-27(11-3-1)32-22-23-37-38(26-32)40(34-21-19-29-13-5-7-15-31(29)25-34)36-17-9-8-16-35(36)39(37)33-20-18-28-12-4-6-14-30(28)24-33/h2*1-28H;1-26H/i1D,2D,3D,4D,7D,8D,10D,11D,13D,14D,17D,18D,20D,21D,22D,23D,24D,25D,26D,27D,28D;1D,2D,3D,4D,5D,6D,9D,10D,11D,12D,13D,14D,15D,16D,19D,20D,21D,22D,23D,26D,27D;1D,2D,3D,10D,11D. The van der Waals surface area contributed by atoms with Gasteiger partial charge in [0.05, 0.1) is 64.4 Å². The Morgan fingerprint density at radius 1 is 0.117 bits per heavy atom. The van der Waals surface area contributed by atoms with Gasteiger partial charge in [0, 0.05) is 0 Å². The van der Waals surface area contributed by atoms with Crippen molar-refractivity contribution in [1.29, 1.82) is 0 Å². The van der Waals surface area contributed by atoms with Gasteiger partial charge in [0.1, 0.15) is 0 Å². The van der Waals surface area contributed by atoms with Crippen LogP contribution >= 0.6 is 0 Å². The molecule has 0 N–H and O–H groups in total. The van der Waals surface area contributed by atoms with E-state index in [-0.39, 0.29) is 128 Å². The first-order valence-corrected chi connectivity index (χ1v) is 40.6. The number of rotatable bonds is 9. The minimum Gasteiger partial charge on any atom is -0.0622 e. The van der Waals surface area contributed by atoms with E-state index in [1.54, 1.807) is 66.7 Å². The number of hydrogen-bond donors (Lipinski definition) is 0. The molecule has 0 aliphatic carbocycles. The summed E-state index contributed by atoms with van der Waals surface area (Å²) >= 11 is 0. The van der Waals surface area contributed by atoms with Crippen molar-refractivity contribution >= 4 is 151 Å². The molecule has 0 radical (unpaired) electrons. The number of benzene rings is 26. The van der Waals surface area contributed by atoms with E-state index < -0.39 is 325 Å². The van der Waals surface area contributed by atoms with Crippen LogP contribution < -0.4 is 0 Å². The normalized spacial score (nSPS) is 16.7. The summed E-state index contributed by atoms with van der Waals surface area (Å²) in [6.45, 7) is 0. The zero-order valence-electron chi connectivity index (χ0n) is 114. The van der Waals surface area contributed by atoms with Gasteiger partial charge >= 0.3 is 0 Å². The molecule has 0 spiro atoms. The van der Waals surface area contributed by atoms with Gasteiger partial charge in [0.15, 0.2) is 0 Å². The van der Waals surface area contributed by atoms with Gasteiger partial charge in [-0.2, -0.15) is 0 Å². The lowest BCUT2D eigenvalue weighted by molar-refractivity contribution is 1.64. The van der Waals surface area contributed by atoms with E-state index in [2.05, 4.69) is 91.0 Å². The molecule has 0 bridgehead atoms. The second-order valence-corrected chi connectivity index (χ2v) is 30.3. The average molecular weight is 1670 g/mol. The molecule has 0 heterocycles. The lowest BCUT2D eigenvalue weighted by Crippen LogP contribution is -1.92. The predicted molar refractivity (Wildman–Crippen MR) is 553 cm³/mol. The van der Waals surface area contributed by atoms with Crippen molar-refractivity contribution in [1.82, 2.24) is 0 Å². The van der Waals surface area contributed by atoms with E-state index in [1.807, 2.05) is 36.4 Å². The molecular weight excluding hydrogens is 1540 g/mol. The molecule has 0 aliphatic heterocycles. The summed E-state index contributed by atoms with van der Waals surface area (Å²) in [7, 11) is 0. The molecule has 0 nitrogen and oxygen atoms in total. The summed E-state index contributed by atoms with van der Waals surface area (Å²) in [4.78, 5) is 0. The lowest BCUT2D eigenvalue weighted by Gasteiger charge is -2.19. The summed E-state index contributed by atoms with van der Waals surface area (Å²) in [5, 5.41) is 4.28. The van der Waals surface area contributed by atoms with Crippen LogP contribution in [-0.2, 0) is 0 Å². The molecule has 0 atom stereocenters. The van der Waals surface area contributed by atoms with Gasteiger partial charge in [-0.1, -0.05) is 442 Å². The van der Waals surface area contributed by atoms with E-state index in [4.69, 9.17) is 46.6 Å². The first-order chi connectivity index (χ1) is 83.1. The molecule has 0 fully saturated rings. The van der Waals surface area contributed by atoms with Crippen LogP contribution in [0.5, 0.6) is 0 Å². The summed E-state index contributed by atoms with van der Waals surface area (Å²) in [6, 6.07) is 35.4. The second kappa shape index (κ2) is 31.9. The van der Waals surface area contributed by atoms with Crippen LogP contribution in [0, 0.1) is 0 Å². The Morgan fingerprint density at radius 2 is 0.453 bits per heavy atom. The van der Waals surface area contributed by atoms with Gasteiger partial charge in [-0.05, 0) is 305 Å². The van der Waals surface area contributed by atoms with Crippen LogP contribution in [0.25, 0.3) is 251 Å². The fourth-order valence-electron chi connectivity index (χ4n) is 17.4. The Kier molecular flexibility index (Phi) is 10.3. The van der Waals surface area contributed by atoms with E-state index in [9.17, 15) is 17.8 Å². The molecule has 0 heteroatoms. The predicted octanol–water partition coefficient (Wildman–Crippen LogP) is 36.2. The first-order valence-electron chi connectivity index (χ1n) is 64.1. The fourth-order valence-corrected chi connectivity index (χ4v) is 17.4. The van der Waals surface area contributed by atoms with Gasteiger partial charge in [-0.3, -0.25) is 0 Å². The minimum atomic E-state index is -0.886. The van der Waals surface area contributed by atoms with E-state index >= 15 is 0 Å². The Balaban J connectivity index is 0.000000137. The Bertz CT molecular complexity index is 12000. The molecule has 0 saturated carbocycles. The maximum absolute atomic E-state index is 10.1. The van der Waals surface area contributed by atoms with Crippen LogP contribution in [0.1, 0.15) is 64.4 Å². The molecular formula is C128H82. The van der Waals surface area contributed by atoms with Crippen LogP contribution in [0.4, 0.5) is 0 Å². The smallest absolute Gasteiger partial charge is 0.0622 e. The SMILES string of the molecule is [2H]c1c([2H])c([2H])c(-c2ccc3c(-c4ccc5ccccc5c4)c4ccccc4c(-c4ccc5ccccc5c4)c3c2)c([2H])c1[2H].[2H]c1c([2H])c([2H])c2c([2H])c(-c3c4c([2H])c([2H])c([2H])c([2H])c4c(-c4c([2H])c([2H])c5c([2H])c([2H])c([2H])c([2H])c5c4[2H])c4c([2H])c(-c5cccc6ccccc56)c([2H])c([2H])c34)c([2H])c([2H])c2c1[2H].[2H]c1c([2H])c([2H])c2c([2H])c(-c3c4ccccc4c(-c4c([2H])c([2H])c5c([2H])c([2H])c([2H])c([2H])c5c4[2H])c4cc(-c5c([2H])c([2H])c([2H])c6c([2H])c([2H])c([2H])c([2H])c56)ccc34)c([2H])c([2H])c2c1[2H]. The molecule has 128 heavy (non-hydrogen) atoms. The first kappa shape index (κ1) is 41.2. The summed E-state index contributed by atoms with van der Waals surface area (Å²) in [6.07, 6.45) is 0. The lowest BCUT2D eigenvalue weighted by atomic mass is 9.84. The molecule has 0 saturated heterocycles. The van der Waals surface area contributed by atoms with Crippen LogP contribution in [0.2, 0.25) is 0 Å². The molecule has 26 rings (SSSR count).